The van der Waals surface area contributed by atoms with Crippen molar-refractivity contribution in [1.29, 1.82) is 0 Å². The zero-order chi connectivity index (χ0) is 11.0. The van der Waals surface area contributed by atoms with Crippen LogP contribution < -0.4 is 0 Å². The second-order valence-electron chi connectivity index (χ2n) is 3.32. The van der Waals surface area contributed by atoms with Gasteiger partial charge < -0.3 is 9.47 Å². The summed E-state index contributed by atoms with van der Waals surface area (Å²) in [6.07, 6.45) is 3.23. The second-order valence-corrected chi connectivity index (χ2v) is 3.32. The van der Waals surface area contributed by atoms with Crippen LogP contribution in [0, 0.1) is 5.92 Å². The quantitative estimate of drug-likeness (QED) is 0.375. The van der Waals surface area contributed by atoms with Crippen molar-refractivity contribution in [1.82, 2.24) is 0 Å². The highest BCUT2D eigenvalue weighted by Gasteiger charge is 2.13. The van der Waals surface area contributed by atoms with Gasteiger partial charge in [0.05, 0.1) is 25.6 Å². The minimum Gasteiger partial charge on any atom is -0.504 e. The predicted molar refractivity (Wildman–Crippen MR) is 55.8 cm³/mol. The van der Waals surface area contributed by atoms with Crippen molar-refractivity contribution in [3.05, 3.63) is 11.8 Å². The van der Waals surface area contributed by atoms with E-state index in [1.54, 1.807) is 6.92 Å². The number of methoxy groups -OCH3 is 1. The zero-order valence-electron chi connectivity index (χ0n) is 9.50. The maximum Gasteiger partial charge on any atom is 0.337 e. The molecule has 0 aromatic rings. The Morgan fingerprint density at radius 1 is 1.43 bits per heavy atom. The minimum absolute atomic E-state index is 0.269. The molecule has 0 aliphatic carbocycles. The number of hydrogen-bond donors (Lipinski definition) is 0. The average molecular weight is 200 g/mol. The first kappa shape index (κ1) is 13.0. The zero-order valence-corrected chi connectivity index (χ0v) is 9.50. The summed E-state index contributed by atoms with van der Waals surface area (Å²) >= 11 is 0. The van der Waals surface area contributed by atoms with Crippen molar-refractivity contribution < 1.29 is 14.3 Å². The number of hydrogen-bond acceptors (Lipinski definition) is 3. The Hall–Kier alpha value is -0.990. The summed E-state index contributed by atoms with van der Waals surface area (Å²) < 4.78 is 9.77. The predicted octanol–water partition coefficient (Wildman–Crippen LogP) is 2.52. The first-order chi connectivity index (χ1) is 6.65. The number of carbonyl (C=O) groups excluding carboxylic acids is 1. The van der Waals surface area contributed by atoms with Gasteiger partial charge >= 0.3 is 5.97 Å². The van der Waals surface area contributed by atoms with Gasteiger partial charge in [-0.25, -0.2) is 4.79 Å². The molecule has 1 unspecified atom stereocenters. The smallest absolute Gasteiger partial charge is 0.337 e. The highest BCUT2D eigenvalue weighted by molar-refractivity contribution is 5.88. The van der Waals surface area contributed by atoms with Gasteiger partial charge in [-0.1, -0.05) is 20.3 Å². The normalized spacial score (nSPS) is 13.6. The van der Waals surface area contributed by atoms with Gasteiger partial charge in [-0.15, -0.1) is 0 Å². The lowest BCUT2D eigenvalue weighted by Crippen LogP contribution is -2.10. The molecule has 0 spiro atoms. The van der Waals surface area contributed by atoms with Crippen LogP contribution in [0.3, 0.4) is 0 Å². The molecule has 0 saturated heterocycles. The van der Waals surface area contributed by atoms with Crippen LogP contribution in [0.5, 0.6) is 0 Å². The number of rotatable bonds is 6. The SMILES string of the molecule is CCOC(=O)C(=COC)CC(C)CC. The molecule has 82 valence electrons. The molecule has 0 amide bonds. The van der Waals surface area contributed by atoms with Crippen LogP contribution in [-0.4, -0.2) is 19.7 Å². The Balaban J connectivity index is 4.29. The molecule has 0 bridgehead atoms. The molecule has 14 heavy (non-hydrogen) atoms. The third-order valence-corrected chi connectivity index (χ3v) is 2.06. The van der Waals surface area contributed by atoms with Gasteiger partial charge in [0.15, 0.2) is 0 Å². The molecule has 0 aliphatic heterocycles. The van der Waals surface area contributed by atoms with Gasteiger partial charge in [0.1, 0.15) is 0 Å². The summed E-state index contributed by atoms with van der Waals surface area (Å²) in [4.78, 5) is 11.4. The Labute approximate surface area is 86.1 Å². The molecule has 0 heterocycles. The van der Waals surface area contributed by atoms with E-state index in [1.165, 1.54) is 13.4 Å². The van der Waals surface area contributed by atoms with Gasteiger partial charge in [0.25, 0.3) is 0 Å². The van der Waals surface area contributed by atoms with E-state index in [4.69, 9.17) is 9.47 Å². The fourth-order valence-electron chi connectivity index (χ4n) is 1.07. The van der Waals surface area contributed by atoms with E-state index in [2.05, 4.69) is 13.8 Å². The Morgan fingerprint density at radius 2 is 2.07 bits per heavy atom. The van der Waals surface area contributed by atoms with Gasteiger partial charge in [0.2, 0.25) is 0 Å². The van der Waals surface area contributed by atoms with E-state index in [0.717, 1.165) is 6.42 Å². The molecule has 0 saturated carbocycles. The van der Waals surface area contributed by atoms with Crippen molar-refractivity contribution in [3.8, 4) is 0 Å². The Morgan fingerprint density at radius 3 is 2.50 bits per heavy atom. The fourth-order valence-corrected chi connectivity index (χ4v) is 1.07. The van der Waals surface area contributed by atoms with Gasteiger partial charge in [-0.3, -0.25) is 0 Å². The van der Waals surface area contributed by atoms with Crippen LogP contribution in [0.15, 0.2) is 11.8 Å². The summed E-state index contributed by atoms with van der Waals surface area (Å²) in [5, 5.41) is 0. The van der Waals surface area contributed by atoms with Crippen LogP contribution in [0.2, 0.25) is 0 Å². The largest absolute Gasteiger partial charge is 0.504 e. The van der Waals surface area contributed by atoms with Crippen LogP contribution in [-0.2, 0) is 14.3 Å². The van der Waals surface area contributed by atoms with E-state index in [0.29, 0.717) is 24.5 Å². The minimum atomic E-state index is -0.269. The fraction of sp³-hybridized carbons (Fsp3) is 0.727. The molecule has 0 aromatic heterocycles. The average Bonchev–Trinajstić information content (AvgIpc) is 2.17. The summed E-state index contributed by atoms with van der Waals surface area (Å²) in [7, 11) is 1.54. The maximum atomic E-state index is 11.4. The molecule has 0 N–H and O–H groups in total. The van der Waals surface area contributed by atoms with Gasteiger partial charge in [-0.05, 0) is 19.3 Å². The van der Waals surface area contributed by atoms with Crippen molar-refractivity contribution in [2.24, 2.45) is 5.92 Å². The van der Waals surface area contributed by atoms with Crippen molar-refractivity contribution >= 4 is 5.97 Å². The topological polar surface area (TPSA) is 35.5 Å². The van der Waals surface area contributed by atoms with E-state index in [9.17, 15) is 4.79 Å². The molecular weight excluding hydrogens is 180 g/mol. The summed E-state index contributed by atoms with van der Waals surface area (Å²) in [5.41, 5.74) is 0.615. The molecule has 1 atom stereocenters. The lowest BCUT2D eigenvalue weighted by atomic mass is 10.00. The second kappa shape index (κ2) is 7.42. The number of carbonyl (C=O) groups is 1. The lowest BCUT2D eigenvalue weighted by molar-refractivity contribution is -0.138. The van der Waals surface area contributed by atoms with E-state index in [1.807, 2.05) is 0 Å². The number of ether oxygens (including phenoxy) is 2. The van der Waals surface area contributed by atoms with E-state index < -0.39 is 0 Å². The van der Waals surface area contributed by atoms with Crippen molar-refractivity contribution in [2.75, 3.05) is 13.7 Å². The van der Waals surface area contributed by atoms with Crippen LogP contribution in [0.1, 0.15) is 33.6 Å². The van der Waals surface area contributed by atoms with Crippen LogP contribution >= 0.6 is 0 Å². The molecule has 0 aromatic carbocycles. The Bertz CT molecular complexity index is 197. The molecular formula is C11H20O3. The molecule has 0 aliphatic rings. The molecule has 0 radical (unpaired) electrons. The van der Waals surface area contributed by atoms with Gasteiger partial charge in [0, 0.05) is 0 Å². The van der Waals surface area contributed by atoms with Gasteiger partial charge in [-0.2, -0.15) is 0 Å². The number of esters is 1. The molecule has 0 rings (SSSR count). The standard InChI is InChI=1S/C11H20O3/c1-5-9(3)7-10(8-13-4)11(12)14-6-2/h8-9H,5-7H2,1-4H3. The third kappa shape index (κ3) is 4.90. The van der Waals surface area contributed by atoms with E-state index in [-0.39, 0.29) is 5.97 Å². The summed E-state index contributed by atoms with van der Waals surface area (Å²) in [6, 6.07) is 0. The monoisotopic (exact) mass is 200 g/mol. The highest BCUT2D eigenvalue weighted by Crippen LogP contribution is 2.15. The highest BCUT2D eigenvalue weighted by atomic mass is 16.5. The Kier molecular flexibility index (Phi) is 6.89. The first-order valence-corrected chi connectivity index (χ1v) is 5.04. The van der Waals surface area contributed by atoms with Crippen LogP contribution in [0.25, 0.3) is 0 Å². The van der Waals surface area contributed by atoms with Crippen molar-refractivity contribution in [2.45, 2.75) is 33.6 Å². The third-order valence-electron chi connectivity index (χ3n) is 2.06. The first-order valence-electron chi connectivity index (χ1n) is 5.04. The molecule has 3 nitrogen and oxygen atoms in total. The lowest BCUT2D eigenvalue weighted by Gasteiger charge is -2.10. The van der Waals surface area contributed by atoms with Crippen LogP contribution in [0.4, 0.5) is 0 Å². The summed E-state index contributed by atoms with van der Waals surface area (Å²) in [5.74, 6) is 0.204. The summed E-state index contributed by atoms with van der Waals surface area (Å²) in [6.45, 7) is 6.40. The van der Waals surface area contributed by atoms with Crippen molar-refractivity contribution in [3.63, 3.8) is 0 Å². The van der Waals surface area contributed by atoms with E-state index >= 15 is 0 Å². The maximum absolute atomic E-state index is 11.4. The molecule has 3 heteroatoms. The molecule has 0 fully saturated rings.